The van der Waals surface area contributed by atoms with Crippen LogP contribution in [0.1, 0.15) is 67.2 Å². The smallest absolute Gasteiger partial charge is 0.222 e. The molecule has 0 aromatic carbocycles. The van der Waals surface area contributed by atoms with Gasteiger partial charge in [0.05, 0.1) is 0 Å². The average Bonchev–Trinajstić information content (AvgIpc) is 3.11. The summed E-state index contributed by atoms with van der Waals surface area (Å²) in [6.07, 6.45) is 10.6. The van der Waals surface area contributed by atoms with E-state index in [1.165, 1.54) is 6.42 Å². The van der Waals surface area contributed by atoms with Gasteiger partial charge in [0.1, 0.15) is 0 Å². The number of rotatable bonds is 8. The summed E-state index contributed by atoms with van der Waals surface area (Å²) < 4.78 is 0. The first kappa shape index (κ1) is 32.6. The Kier molecular flexibility index (Phi) is 13.6. The number of allylic oxidation sites excluding steroid dienone is 4. The van der Waals surface area contributed by atoms with Gasteiger partial charge >= 0.3 is 0 Å². The Balaban J connectivity index is 0.00000363. The summed E-state index contributed by atoms with van der Waals surface area (Å²) in [6.45, 7) is 13.4. The maximum absolute atomic E-state index is 12.6. The van der Waals surface area contributed by atoms with E-state index < -0.39 is 0 Å². The molecule has 7 nitrogen and oxygen atoms in total. The van der Waals surface area contributed by atoms with Crippen LogP contribution < -0.4 is 5.32 Å². The number of hydrogen-bond donors (Lipinski definition) is 1. The molecule has 1 aliphatic carbocycles. The van der Waals surface area contributed by atoms with Crippen LogP contribution >= 0.6 is 11.6 Å². The predicted molar refractivity (Wildman–Crippen MR) is 141 cm³/mol. The topological polar surface area (TPSA) is 116 Å². The van der Waals surface area contributed by atoms with Crippen LogP contribution in [-0.2, 0) is 9.59 Å². The van der Waals surface area contributed by atoms with E-state index in [0.29, 0.717) is 37.1 Å². The largest absolute Gasteiger partial charge is 0.412 e. The van der Waals surface area contributed by atoms with Gasteiger partial charge in [0, 0.05) is 50.1 Å². The average molecular weight is 502 g/mol. The Bertz CT molecular complexity index is 723. The zero-order chi connectivity index (χ0) is 22.6. The monoisotopic (exact) mass is 501 g/mol. The van der Waals surface area contributed by atoms with Crippen molar-refractivity contribution in [2.75, 3.05) is 32.7 Å². The number of likely N-dealkylation sites (tertiary alicyclic amines) is 2. The van der Waals surface area contributed by atoms with Crippen molar-refractivity contribution in [3.05, 3.63) is 23.3 Å². The molecule has 2 aliphatic heterocycles. The summed E-state index contributed by atoms with van der Waals surface area (Å²) in [5.41, 5.74) is 0.215. The van der Waals surface area contributed by atoms with Crippen molar-refractivity contribution in [2.45, 2.75) is 73.3 Å². The van der Waals surface area contributed by atoms with Crippen molar-refractivity contribution in [2.24, 2.45) is 23.2 Å². The fourth-order valence-electron chi connectivity index (χ4n) is 5.50. The normalized spacial score (nSPS) is 25.1. The van der Waals surface area contributed by atoms with E-state index in [2.05, 4.69) is 56.1 Å². The van der Waals surface area contributed by atoms with Crippen LogP contribution in [0.4, 0.5) is 0 Å². The maximum Gasteiger partial charge on any atom is 0.222 e. The van der Waals surface area contributed by atoms with Crippen LogP contribution in [0, 0.1) is 23.2 Å². The van der Waals surface area contributed by atoms with Crippen molar-refractivity contribution in [1.82, 2.24) is 15.1 Å². The molecule has 3 rings (SSSR count). The molecule has 8 heteroatoms. The van der Waals surface area contributed by atoms with E-state index >= 15 is 0 Å². The molecule has 0 aromatic heterocycles. The molecule has 2 amide bonds. The standard InChI is InChI=1S/C25H40ClN3O2.CH4.2H2O/c1-18(2)22(27-23(30)12-15-29-13-5-6-24(29)31)16-28-14-11-21(25(3,4)17-28)19-7-9-20(26)10-8-19;;;/h7,9-10,18-19,21-22H,5-6,8,11-17H2,1-4H3,(H,27,30);1H4;2*1H2/t19?,21-,22+;;;/m1.../s1. The van der Waals surface area contributed by atoms with Crippen LogP contribution in [-0.4, -0.2) is 71.3 Å². The van der Waals surface area contributed by atoms with E-state index in [4.69, 9.17) is 11.6 Å². The summed E-state index contributed by atoms with van der Waals surface area (Å²) in [7, 11) is 0. The Morgan fingerprint density at radius 3 is 2.50 bits per heavy atom. The molecule has 3 atom stereocenters. The lowest BCUT2D eigenvalue weighted by Gasteiger charge is -2.48. The number of nitrogens with zero attached hydrogens (tertiary/aromatic N) is 2. The molecule has 5 N–H and O–H groups in total. The minimum Gasteiger partial charge on any atom is -0.412 e. The third-order valence-electron chi connectivity index (χ3n) is 7.38. The molecule has 1 unspecified atom stereocenters. The lowest BCUT2D eigenvalue weighted by Crippen LogP contribution is -2.53. The SMILES string of the molecule is C.CC(C)[C@H](CN1CC[C@H](C2C=CC(Cl)=CC2)C(C)(C)C1)NC(=O)CCN1CCCC1=O.O.O. The van der Waals surface area contributed by atoms with Crippen LogP contribution in [0.25, 0.3) is 0 Å². The van der Waals surface area contributed by atoms with Gasteiger partial charge in [-0.25, -0.2) is 0 Å². The van der Waals surface area contributed by atoms with Gasteiger partial charge in [-0.2, -0.15) is 0 Å². The lowest BCUT2D eigenvalue weighted by atomic mass is 9.66. The molecule has 3 aliphatic rings. The Hall–Kier alpha value is -1.41. The summed E-state index contributed by atoms with van der Waals surface area (Å²) in [5.74, 6) is 1.82. The molecule has 0 radical (unpaired) electrons. The predicted octanol–water partition coefficient (Wildman–Crippen LogP) is 3.17. The number of hydrogen-bond acceptors (Lipinski definition) is 3. The molecule has 0 aromatic rings. The highest BCUT2D eigenvalue weighted by Gasteiger charge is 2.40. The van der Waals surface area contributed by atoms with E-state index in [0.717, 1.165) is 44.1 Å². The number of nitrogens with one attached hydrogen (secondary N) is 1. The van der Waals surface area contributed by atoms with E-state index in [1.807, 2.05) is 4.90 Å². The summed E-state index contributed by atoms with van der Waals surface area (Å²) in [5, 5.41) is 4.11. The number of carbonyl (C=O) groups excluding carboxylic acids is 2. The third kappa shape index (κ3) is 8.67. The van der Waals surface area contributed by atoms with Crippen molar-refractivity contribution in [3.63, 3.8) is 0 Å². The van der Waals surface area contributed by atoms with Gasteiger partial charge in [0.25, 0.3) is 0 Å². The Morgan fingerprint density at radius 1 is 1.26 bits per heavy atom. The molecule has 34 heavy (non-hydrogen) atoms. The second-order valence-electron chi connectivity index (χ2n) is 10.6. The van der Waals surface area contributed by atoms with Gasteiger partial charge in [-0.1, -0.05) is 58.9 Å². The molecular formula is C26H48ClN3O4. The lowest BCUT2D eigenvalue weighted by molar-refractivity contribution is -0.128. The molecule has 2 saturated heterocycles. The molecule has 198 valence electrons. The quantitative estimate of drug-likeness (QED) is 0.550. The zero-order valence-corrected chi connectivity index (χ0v) is 21.5. The zero-order valence-electron chi connectivity index (χ0n) is 20.7. The fourth-order valence-corrected chi connectivity index (χ4v) is 5.66. The molecular weight excluding hydrogens is 454 g/mol. The van der Waals surface area contributed by atoms with Gasteiger partial charge in [0.15, 0.2) is 0 Å². The molecule has 0 bridgehead atoms. The van der Waals surface area contributed by atoms with Crippen LogP contribution in [0.15, 0.2) is 23.3 Å². The molecule has 2 fully saturated rings. The second-order valence-corrected chi connectivity index (χ2v) is 11.1. The first-order chi connectivity index (χ1) is 14.7. The highest BCUT2D eigenvalue weighted by molar-refractivity contribution is 6.31. The fraction of sp³-hybridized carbons (Fsp3) is 0.769. The summed E-state index contributed by atoms with van der Waals surface area (Å²) >= 11 is 6.12. The third-order valence-corrected chi connectivity index (χ3v) is 7.66. The second kappa shape index (κ2) is 14.2. The Labute approximate surface area is 211 Å². The molecule has 0 spiro atoms. The highest BCUT2D eigenvalue weighted by atomic mass is 35.5. The van der Waals surface area contributed by atoms with Crippen LogP contribution in [0.2, 0.25) is 0 Å². The Morgan fingerprint density at radius 2 is 1.97 bits per heavy atom. The van der Waals surface area contributed by atoms with E-state index in [1.54, 1.807) is 0 Å². The van der Waals surface area contributed by atoms with Crippen LogP contribution in [0.5, 0.6) is 0 Å². The highest BCUT2D eigenvalue weighted by Crippen LogP contribution is 2.43. The molecule has 0 saturated carbocycles. The van der Waals surface area contributed by atoms with Crippen LogP contribution in [0.3, 0.4) is 0 Å². The number of carbonyl (C=O) groups is 2. The first-order valence-corrected chi connectivity index (χ1v) is 12.4. The van der Waals surface area contributed by atoms with E-state index in [-0.39, 0.29) is 41.7 Å². The van der Waals surface area contributed by atoms with Crippen molar-refractivity contribution < 1.29 is 20.5 Å². The van der Waals surface area contributed by atoms with E-state index in [9.17, 15) is 9.59 Å². The summed E-state index contributed by atoms with van der Waals surface area (Å²) in [6, 6.07) is 0.130. The van der Waals surface area contributed by atoms with Gasteiger partial charge in [-0.05, 0) is 55.1 Å². The number of piperidine rings is 1. The minimum atomic E-state index is 0. The first-order valence-electron chi connectivity index (χ1n) is 12.0. The number of amides is 2. The summed E-state index contributed by atoms with van der Waals surface area (Å²) in [4.78, 5) is 28.7. The maximum atomic E-state index is 12.6. The van der Waals surface area contributed by atoms with Crippen molar-refractivity contribution in [1.29, 1.82) is 0 Å². The minimum absolute atomic E-state index is 0. The molecule has 2 heterocycles. The van der Waals surface area contributed by atoms with Gasteiger partial charge < -0.3 is 26.1 Å². The number of halogens is 1. The van der Waals surface area contributed by atoms with Crippen molar-refractivity contribution in [3.8, 4) is 0 Å². The van der Waals surface area contributed by atoms with Gasteiger partial charge in [0.2, 0.25) is 11.8 Å². The van der Waals surface area contributed by atoms with Gasteiger partial charge in [-0.15, -0.1) is 0 Å². The van der Waals surface area contributed by atoms with Gasteiger partial charge in [-0.3, -0.25) is 9.59 Å². The van der Waals surface area contributed by atoms with Crippen molar-refractivity contribution >= 4 is 23.4 Å².